The Bertz CT molecular complexity index is 2840. The number of aliphatic imine (C=N–C) groups is 1. The van der Waals surface area contributed by atoms with E-state index in [0.29, 0.717) is 0 Å². The maximum atomic E-state index is 9.12. The Morgan fingerprint density at radius 2 is 1.15 bits per heavy atom. The monoisotopic (exact) mass is 694 g/mol. The van der Waals surface area contributed by atoms with Crippen LogP contribution in [-0.2, 0) is 0 Å². The molecule has 0 spiro atoms. The first-order valence-corrected chi connectivity index (χ1v) is 18.6. The summed E-state index contributed by atoms with van der Waals surface area (Å²) in [7, 11) is 0. The molecule has 9 rings (SSSR count). The van der Waals surface area contributed by atoms with Gasteiger partial charge < -0.3 is 0 Å². The highest BCUT2D eigenvalue weighted by molar-refractivity contribution is 7.25. The van der Waals surface area contributed by atoms with E-state index in [-0.39, 0.29) is 5.84 Å². The molecule has 0 aliphatic carbocycles. The van der Waals surface area contributed by atoms with Crippen LogP contribution in [0.15, 0.2) is 199 Å². The second-order valence-corrected chi connectivity index (χ2v) is 14.3. The van der Waals surface area contributed by atoms with Gasteiger partial charge in [-0.2, -0.15) is 0 Å². The van der Waals surface area contributed by atoms with Crippen molar-refractivity contribution in [3.63, 3.8) is 0 Å². The minimum Gasteiger partial charge on any atom is -0.282 e. The van der Waals surface area contributed by atoms with Crippen molar-refractivity contribution in [3.05, 3.63) is 211 Å². The molecule has 9 aromatic rings. The fraction of sp³-hybridized carbons (Fsp3) is 0. The van der Waals surface area contributed by atoms with Crippen LogP contribution in [0.2, 0.25) is 0 Å². The molecule has 250 valence electrons. The summed E-state index contributed by atoms with van der Waals surface area (Å²) in [6, 6.07) is 66.0. The van der Waals surface area contributed by atoms with Crippen LogP contribution in [0.3, 0.4) is 0 Å². The average Bonchev–Trinajstić information content (AvgIpc) is 3.62. The predicted molar refractivity (Wildman–Crippen MR) is 228 cm³/mol. The Morgan fingerprint density at radius 1 is 0.472 bits per heavy atom. The maximum Gasteiger partial charge on any atom is 0.152 e. The predicted octanol–water partition coefficient (Wildman–Crippen LogP) is 13.7. The number of nitrogens with one attached hydrogen (secondary N) is 1. The highest BCUT2D eigenvalue weighted by atomic mass is 32.1. The lowest BCUT2D eigenvalue weighted by molar-refractivity contribution is 1.41. The Morgan fingerprint density at radius 3 is 2.02 bits per heavy atom. The fourth-order valence-corrected chi connectivity index (χ4v) is 8.22. The molecule has 0 unspecified atom stereocenters. The Balaban J connectivity index is 1.25. The van der Waals surface area contributed by atoms with Gasteiger partial charge in [0.2, 0.25) is 0 Å². The molecule has 0 radical (unpaired) electrons. The van der Waals surface area contributed by atoms with Gasteiger partial charge in [0, 0.05) is 31.3 Å². The first-order chi connectivity index (χ1) is 26.2. The van der Waals surface area contributed by atoms with E-state index in [1.54, 1.807) is 0 Å². The molecule has 3 heteroatoms. The molecule has 0 bridgehead atoms. The number of hydrogen-bond acceptors (Lipinski definition) is 2. The van der Waals surface area contributed by atoms with E-state index in [1.165, 1.54) is 42.1 Å². The summed E-state index contributed by atoms with van der Waals surface area (Å²) >= 11 is 1.83. The number of amidine groups is 1. The van der Waals surface area contributed by atoms with Gasteiger partial charge in [-0.05, 0) is 98.3 Å². The van der Waals surface area contributed by atoms with E-state index in [1.807, 2.05) is 47.7 Å². The third-order valence-corrected chi connectivity index (χ3v) is 10.9. The molecule has 0 amide bonds. The second kappa shape index (κ2) is 14.1. The molecule has 1 aromatic heterocycles. The standard InChI is InChI=1S/C50H34N2S/c51-50(37-17-5-2-6-18-37)52-46(28-25-34-13-11-20-38(29-34)35-14-3-1-4-15-35)43-32-41(40-27-26-36-16-7-8-19-39(36)30-40)31-42(33-43)44-22-12-24-48-49(44)45-21-9-10-23-47(45)53-48/h1-33,51H/b28-25+,51-50?,52-46?. The van der Waals surface area contributed by atoms with Crippen molar-refractivity contribution in [2.24, 2.45) is 4.99 Å². The number of hydrogen-bond donors (Lipinski definition) is 1. The Labute approximate surface area is 313 Å². The number of rotatable bonds is 7. The van der Waals surface area contributed by atoms with Gasteiger partial charge in [0.15, 0.2) is 5.84 Å². The molecule has 53 heavy (non-hydrogen) atoms. The molecule has 0 aliphatic rings. The number of nitrogens with zero attached hydrogens (tertiary/aromatic N) is 1. The van der Waals surface area contributed by atoms with Gasteiger partial charge in [0.25, 0.3) is 0 Å². The summed E-state index contributed by atoms with van der Waals surface area (Å²) in [5.41, 5.74) is 10.3. The first kappa shape index (κ1) is 32.2. The van der Waals surface area contributed by atoms with E-state index < -0.39 is 0 Å². The molecule has 2 nitrogen and oxygen atoms in total. The van der Waals surface area contributed by atoms with Crippen LogP contribution in [0.4, 0.5) is 0 Å². The fourth-order valence-electron chi connectivity index (χ4n) is 7.09. The molecular weight excluding hydrogens is 661 g/mol. The number of fused-ring (bicyclic) bond motifs is 4. The van der Waals surface area contributed by atoms with Crippen LogP contribution < -0.4 is 0 Å². The number of thiophene rings is 1. The van der Waals surface area contributed by atoms with E-state index >= 15 is 0 Å². The van der Waals surface area contributed by atoms with E-state index in [2.05, 4.69) is 164 Å². The van der Waals surface area contributed by atoms with Gasteiger partial charge in [-0.3, -0.25) is 5.41 Å². The molecule has 0 fully saturated rings. The van der Waals surface area contributed by atoms with Crippen molar-refractivity contribution in [2.45, 2.75) is 0 Å². The smallest absolute Gasteiger partial charge is 0.152 e. The zero-order chi connectivity index (χ0) is 35.6. The largest absolute Gasteiger partial charge is 0.282 e. The van der Waals surface area contributed by atoms with Crippen molar-refractivity contribution >= 4 is 59.9 Å². The quantitative estimate of drug-likeness (QED) is 0.127. The van der Waals surface area contributed by atoms with Crippen LogP contribution in [0.5, 0.6) is 0 Å². The summed E-state index contributed by atoms with van der Waals surface area (Å²) in [4.78, 5) is 5.05. The number of benzene rings is 8. The van der Waals surface area contributed by atoms with Crippen LogP contribution in [-0.4, -0.2) is 11.5 Å². The SMILES string of the molecule is N=C(N=C(/C=C/c1cccc(-c2ccccc2)c1)c1cc(-c2ccc3ccccc3c2)cc(-c2cccc3sc4ccccc4c23)c1)c1ccccc1. The summed E-state index contributed by atoms with van der Waals surface area (Å²) in [5, 5.41) is 14.1. The van der Waals surface area contributed by atoms with Crippen molar-refractivity contribution < 1.29 is 0 Å². The highest BCUT2D eigenvalue weighted by Crippen LogP contribution is 2.41. The molecule has 0 aliphatic heterocycles. The maximum absolute atomic E-state index is 9.12. The minimum absolute atomic E-state index is 0.215. The van der Waals surface area contributed by atoms with Crippen molar-refractivity contribution in [3.8, 4) is 33.4 Å². The molecule has 0 atom stereocenters. The van der Waals surface area contributed by atoms with E-state index in [9.17, 15) is 0 Å². The molecule has 8 aromatic carbocycles. The van der Waals surface area contributed by atoms with Crippen LogP contribution in [0.1, 0.15) is 16.7 Å². The minimum atomic E-state index is 0.215. The van der Waals surface area contributed by atoms with Crippen molar-refractivity contribution in [1.82, 2.24) is 0 Å². The lowest BCUT2D eigenvalue weighted by Gasteiger charge is -2.13. The van der Waals surface area contributed by atoms with Gasteiger partial charge in [0.1, 0.15) is 0 Å². The van der Waals surface area contributed by atoms with E-state index in [4.69, 9.17) is 10.4 Å². The van der Waals surface area contributed by atoms with Crippen LogP contribution in [0.25, 0.3) is 70.4 Å². The van der Waals surface area contributed by atoms with Crippen molar-refractivity contribution in [2.75, 3.05) is 0 Å². The summed E-state index contributed by atoms with van der Waals surface area (Å²) < 4.78 is 2.54. The van der Waals surface area contributed by atoms with Crippen LogP contribution >= 0.6 is 11.3 Å². The van der Waals surface area contributed by atoms with E-state index in [0.717, 1.165) is 44.7 Å². The number of allylic oxidation sites excluding steroid dienone is 1. The highest BCUT2D eigenvalue weighted by Gasteiger charge is 2.15. The van der Waals surface area contributed by atoms with Gasteiger partial charge >= 0.3 is 0 Å². The van der Waals surface area contributed by atoms with Crippen molar-refractivity contribution in [1.29, 1.82) is 5.41 Å². The summed E-state index contributed by atoms with van der Waals surface area (Å²) in [5.74, 6) is 0.215. The Hall–Kier alpha value is -6.68. The van der Waals surface area contributed by atoms with Gasteiger partial charge in [-0.25, -0.2) is 4.99 Å². The molecular formula is C50H34N2S. The topological polar surface area (TPSA) is 36.2 Å². The molecule has 1 heterocycles. The zero-order valence-corrected chi connectivity index (χ0v) is 29.7. The molecule has 0 saturated carbocycles. The average molecular weight is 695 g/mol. The summed E-state index contributed by atoms with van der Waals surface area (Å²) in [6.07, 6.45) is 4.17. The summed E-state index contributed by atoms with van der Waals surface area (Å²) in [6.45, 7) is 0. The third-order valence-electron chi connectivity index (χ3n) is 9.73. The second-order valence-electron chi connectivity index (χ2n) is 13.2. The first-order valence-electron chi connectivity index (χ1n) is 17.8. The lowest BCUT2D eigenvalue weighted by Crippen LogP contribution is -2.04. The van der Waals surface area contributed by atoms with Gasteiger partial charge in [-0.15, -0.1) is 11.3 Å². The Kier molecular flexibility index (Phi) is 8.61. The normalized spacial score (nSPS) is 11.9. The van der Waals surface area contributed by atoms with Gasteiger partial charge in [-0.1, -0.05) is 152 Å². The van der Waals surface area contributed by atoms with Gasteiger partial charge in [0.05, 0.1) is 5.71 Å². The zero-order valence-electron chi connectivity index (χ0n) is 28.9. The molecule has 0 saturated heterocycles. The third kappa shape index (κ3) is 6.62. The van der Waals surface area contributed by atoms with Crippen LogP contribution in [0, 0.1) is 5.41 Å². The molecule has 1 N–H and O–H groups in total. The lowest BCUT2D eigenvalue weighted by atomic mass is 9.91.